The van der Waals surface area contributed by atoms with Crippen LogP contribution in [0.4, 0.5) is 5.69 Å². The van der Waals surface area contributed by atoms with Crippen molar-refractivity contribution < 1.29 is 4.79 Å². The first-order valence-electron chi connectivity index (χ1n) is 10.1. The molecule has 0 aliphatic carbocycles. The van der Waals surface area contributed by atoms with Crippen LogP contribution >= 0.6 is 11.8 Å². The number of carbonyl (C=O) groups excluding carboxylic acids is 1. The van der Waals surface area contributed by atoms with Crippen LogP contribution < -0.4 is 10.9 Å². The standard InChI is InChI=1S/C23H21N5O2S/c1-14-8-9-16(10-15(14)2)25-20(29)11-18-13-31-23-26-21-19(22(30)27(18)23)12-24-28(21)17-6-4-3-5-7-17/h3-10,12,18H,11,13H2,1-2H3,(H,25,29). The van der Waals surface area contributed by atoms with Gasteiger partial charge >= 0.3 is 0 Å². The molecule has 0 radical (unpaired) electrons. The van der Waals surface area contributed by atoms with Gasteiger partial charge in [-0.3, -0.25) is 14.2 Å². The normalized spacial score (nSPS) is 15.2. The van der Waals surface area contributed by atoms with E-state index in [1.54, 1.807) is 15.4 Å². The third-order valence-electron chi connectivity index (χ3n) is 5.58. The zero-order valence-corrected chi connectivity index (χ0v) is 18.0. The lowest BCUT2D eigenvalue weighted by molar-refractivity contribution is -0.116. The second-order valence-electron chi connectivity index (χ2n) is 7.71. The topological polar surface area (TPSA) is 81.8 Å². The van der Waals surface area contributed by atoms with Crippen molar-refractivity contribution in [2.75, 3.05) is 11.1 Å². The number of nitrogens with zero attached hydrogens (tertiary/aromatic N) is 4. The molecular weight excluding hydrogens is 410 g/mol. The molecule has 4 aromatic rings. The number of para-hydroxylation sites is 1. The fourth-order valence-corrected chi connectivity index (χ4v) is 4.91. The molecule has 156 valence electrons. The number of anilines is 1. The summed E-state index contributed by atoms with van der Waals surface area (Å²) in [5, 5.41) is 8.40. The first-order valence-corrected chi connectivity index (χ1v) is 11.1. The van der Waals surface area contributed by atoms with E-state index in [4.69, 9.17) is 4.98 Å². The summed E-state index contributed by atoms with van der Waals surface area (Å²) in [5.41, 5.74) is 4.30. The molecule has 7 nitrogen and oxygen atoms in total. The highest BCUT2D eigenvalue weighted by Gasteiger charge is 2.29. The zero-order valence-electron chi connectivity index (χ0n) is 17.2. The van der Waals surface area contributed by atoms with E-state index in [9.17, 15) is 9.59 Å². The maximum atomic E-state index is 13.2. The molecule has 0 spiro atoms. The van der Waals surface area contributed by atoms with Crippen LogP contribution in [0.15, 0.2) is 64.7 Å². The number of aromatic nitrogens is 4. The first-order chi connectivity index (χ1) is 15.0. The van der Waals surface area contributed by atoms with Crippen molar-refractivity contribution in [2.45, 2.75) is 31.5 Å². The van der Waals surface area contributed by atoms with Crippen molar-refractivity contribution in [3.8, 4) is 5.69 Å². The minimum Gasteiger partial charge on any atom is -0.326 e. The van der Waals surface area contributed by atoms with Crippen molar-refractivity contribution in [2.24, 2.45) is 0 Å². The quantitative estimate of drug-likeness (QED) is 0.496. The van der Waals surface area contributed by atoms with Crippen molar-refractivity contribution in [1.82, 2.24) is 19.3 Å². The number of hydrogen-bond donors (Lipinski definition) is 1. The van der Waals surface area contributed by atoms with E-state index in [-0.39, 0.29) is 23.9 Å². The zero-order chi connectivity index (χ0) is 21.5. The highest BCUT2D eigenvalue weighted by atomic mass is 32.2. The molecule has 2 aromatic carbocycles. The molecule has 2 aromatic heterocycles. The number of hydrogen-bond acceptors (Lipinski definition) is 5. The fourth-order valence-electron chi connectivity index (χ4n) is 3.78. The molecule has 0 fully saturated rings. The van der Waals surface area contributed by atoms with Gasteiger partial charge in [-0.05, 0) is 49.2 Å². The first kappa shape index (κ1) is 19.6. The molecule has 0 saturated heterocycles. The van der Waals surface area contributed by atoms with Crippen LogP contribution in [-0.2, 0) is 4.79 Å². The molecule has 3 heterocycles. The summed E-state index contributed by atoms with van der Waals surface area (Å²) in [6.45, 7) is 4.05. The van der Waals surface area contributed by atoms with Gasteiger partial charge in [0.2, 0.25) is 5.91 Å². The molecule has 8 heteroatoms. The average Bonchev–Trinajstić information content (AvgIpc) is 3.36. The number of rotatable bonds is 4. The van der Waals surface area contributed by atoms with E-state index in [0.29, 0.717) is 21.9 Å². The van der Waals surface area contributed by atoms with Gasteiger partial charge in [0.05, 0.1) is 17.9 Å². The van der Waals surface area contributed by atoms with Gasteiger partial charge < -0.3 is 5.32 Å². The molecule has 0 saturated carbocycles. The van der Waals surface area contributed by atoms with Gasteiger partial charge in [-0.1, -0.05) is 36.0 Å². The van der Waals surface area contributed by atoms with Crippen LogP contribution in [0.2, 0.25) is 0 Å². The Morgan fingerprint density at radius 2 is 1.97 bits per heavy atom. The van der Waals surface area contributed by atoms with Crippen LogP contribution in [0.1, 0.15) is 23.6 Å². The third kappa shape index (κ3) is 3.53. The molecule has 1 atom stereocenters. The molecule has 5 rings (SSSR count). The van der Waals surface area contributed by atoms with Crippen molar-refractivity contribution in [1.29, 1.82) is 0 Å². The molecule has 31 heavy (non-hydrogen) atoms. The Morgan fingerprint density at radius 3 is 2.74 bits per heavy atom. The van der Waals surface area contributed by atoms with Gasteiger partial charge in [-0.15, -0.1) is 0 Å². The summed E-state index contributed by atoms with van der Waals surface area (Å²) in [6, 6.07) is 15.2. The number of thioether (sulfide) groups is 1. The Hall–Kier alpha value is -3.39. The van der Waals surface area contributed by atoms with E-state index >= 15 is 0 Å². The smallest absolute Gasteiger partial charge is 0.265 e. The van der Waals surface area contributed by atoms with E-state index in [1.165, 1.54) is 17.3 Å². The summed E-state index contributed by atoms with van der Waals surface area (Å²) >= 11 is 1.50. The maximum absolute atomic E-state index is 13.2. The molecule has 1 unspecified atom stereocenters. The van der Waals surface area contributed by atoms with Crippen LogP contribution in [-0.4, -0.2) is 31.0 Å². The Morgan fingerprint density at radius 1 is 1.16 bits per heavy atom. The number of fused-ring (bicyclic) bond motifs is 2. The molecule has 0 bridgehead atoms. The van der Waals surface area contributed by atoms with Gasteiger partial charge in [0.15, 0.2) is 10.8 Å². The van der Waals surface area contributed by atoms with Gasteiger partial charge in [-0.25, -0.2) is 9.67 Å². The summed E-state index contributed by atoms with van der Waals surface area (Å²) in [4.78, 5) is 30.6. The van der Waals surface area contributed by atoms with Gasteiger partial charge in [0.1, 0.15) is 5.39 Å². The van der Waals surface area contributed by atoms with Crippen molar-refractivity contribution in [3.05, 3.63) is 76.2 Å². The Balaban J connectivity index is 1.43. The second kappa shape index (κ2) is 7.70. The average molecular weight is 432 g/mol. The maximum Gasteiger partial charge on any atom is 0.265 e. The number of benzene rings is 2. The van der Waals surface area contributed by atoms with Gasteiger partial charge in [-0.2, -0.15) is 5.10 Å². The summed E-state index contributed by atoms with van der Waals surface area (Å²) in [6.07, 6.45) is 1.77. The largest absolute Gasteiger partial charge is 0.326 e. The Kier molecular flexibility index (Phi) is 4.86. The Labute approximate surface area is 183 Å². The summed E-state index contributed by atoms with van der Waals surface area (Å²) in [5.74, 6) is 0.516. The van der Waals surface area contributed by atoms with E-state index in [0.717, 1.165) is 16.9 Å². The predicted octanol–water partition coefficient (Wildman–Crippen LogP) is 3.87. The lowest BCUT2D eigenvalue weighted by atomic mass is 10.1. The lowest BCUT2D eigenvalue weighted by Crippen LogP contribution is -2.27. The van der Waals surface area contributed by atoms with E-state index < -0.39 is 0 Å². The monoisotopic (exact) mass is 431 g/mol. The SMILES string of the molecule is Cc1ccc(NC(=O)CC2CSc3nc4c(cnn4-c4ccccc4)c(=O)n32)cc1C. The van der Waals surface area contributed by atoms with E-state index in [1.807, 2.05) is 62.4 Å². The van der Waals surface area contributed by atoms with Crippen LogP contribution in [0.25, 0.3) is 16.7 Å². The van der Waals surface area contributed by atoms with E-state index in [2.05, 4.69) is 10.4 Å². The minimum atomic E-state index is -0.240. The Bertz CT molecular complexity index is 1360. The van der Waals surface area contributed by atoms with Gasteiger partial charge in [0, 0.05) is 17.9 Å². The van der Waals surface area contributed by atoms with Crippen molar-refractivity contribution >= 4 is 34.4 Å². The van der Waals surface area contributed by atoms with Crippen LogP contribution in [0, 0.1) is 13.8 Å². The predicted molar refractivity (Wildman–Crippen MR) is 122 cm³/mol. The lowest BCUT2D eigenvalue weighted by Gasteiger charge is -2.14. The second-order valence-corrected chi connectivity index (χ2v) is 8.70. The highest BCUT2D eigenvalue weighted by Crippen LogP contribution is 2.33. The molecule has 1 amide bonds. The summed E-state index contributed by atoms with van der Waals surface area (Å²) < 4.78 is 3.32. The minimum absolute atomic E-state index is 0.117. The molecular formula is C23H21N5O2S. The highest BCUT2D eigenvalue weighted by molar-refractivity contribution is 7.99. The van der Waals surface area contributed by atoms with Crippen LogP contribution in [0.5, 0.6) is 0 Å². The number of amides is 1. The molecule has 1 aliphatic rings. The van der Waals surface area contributed by atoms with Crippen LogP contribution in [0.3, 0.4) is 0 Å². The number of carbonyl (C=O) groups is 1. The number of aryl methyl sites for hydroxylation is 2. The molecule has 1 aliphatic heterocycles. The van der Waals surface area contributed by atoms with Crippen molar-refractivity contribution in [3.63, 3.8) is 0 Å². The molecule has 1 N–H and O–H groups in total. The third-order valence-corrected chi connectivity index (χ3v) is 6.68. The fraction of sp³-hybridized carbons (Fsp3) is 0.217. The summed E-state index contributed by atoms with van der Waals surface area (Å²) in [7, 11) is 0. The van der Waals surface area contributed by atoms with Gasteiger partial charge in [0.25, 0.3) is 5.56 Å². The number of nitrogens with one attached hydrogen (secondary N) is 1.